The van der Waals surface area contributed by atoms with Gasteiger partial charge in [-0.2, -0.15) is 0 Å². The lowest BCUT2D eigenvalue weighted by Gasteiger charge is -2.18. The minimum Gasteiger partial charge on any atom is -0.481 e. The normalized spacial score (nSPS) is 13.4. The largest absolute Gasteiger partial charge is 0.481 e. The zero-order valence-corrected chi connectivity index (χ0v) is 16.3. The predicted octanol–water partition coefficient (Wildman–Crippen LogP) is 2.55. The van der Waals surface area contributed by atoms with E-state index >= 15 is 0 Å². The Morgan fingerprint density at radius 2 is 1.93 bits per heavy atom. The first-order valence-corrected chi connectivity index (χ1v) is 9.55. The highest BCUT2D eigenvalue weighted by Crippen LogP contribution is 2.27. The van der Waals surface area contributed by atoms with Crippen molar-refractivity contribution in [2.45, 2.75) is 32.7 Å². The molecule has 4 N–H and O–H groups in total. The number of carbonyl (C=O) groups is 3. The maximum Gasteiger partial charge on any atom is 0.320 e. The van der Waals surface area contributed by atoms with Crippen molar-refractivity contribution in [1.29, 1.82) is 0 Å². The third-order valence-electron chi connectivity index (χ3n) is 4.02. The Bertz CT molecular complexity index is 870. The molecule has 1 aromatic carbocycles. The van der Waals surface area contributed by atoms with Crippen LogP contribution in [0.5, 0.6) is 0 Å². The van der Waals surface area contributed by atoms with Gasteiger partial charge in [-0.05, 0) is 43.5 Å². The smallest absolute Gasteiger partial charge is 0.320 e. The first kappa shape index (κ1) is 21.7. The lowest BCUT2D eigenvalue weighted by molar-refractivity contribution is -0.145. The molecule has 0 aliphatic heterocycles. The fourth-order valence-corrected chi connectivity index (χ4v) is 3.55. The summed E-state index contributed by atoms with van der Waals surface area (Å²) in [7, 11) is 0. The van der Waals surface area contributed by atoms with Crippen LogP contribution in [0.2, 0.25) is 0 Å². The highest BCUT2D eigenvalue weighted by atomic mass is 32.1. The number of rotatable bonds is 10. The van der Waals surface area contributed by atoms with Crippen molar-refractivity contribution in [2.24, 2.45) is 11.8 Å². The van der Waals surface area contributed by atoms with Crippen LogP contribution in [0.1, 0.15) is 26.7 Å². The van der Waals surface area contributed by atoms with E-state index in [1.807, 2.05) is 13.8 Å². The summed E-state index contributed by atoms with van der Waals surface area (Å²) in [5.74, 6) is -4.75. The minimum absolute atomic E-state index is 0.0547. The van der Waals surface area contributed by atoms with Crippen LogP contribution in [0, 0.1) is 17.7 Å². The van der Waals surface area contributed by atoms with E-state index in [1.165, 1.54) is 18.2 Å². The number of nitrogens with zero attached hydrogens (tertiary/aromatic N) is 1. The van der Waals surface area contributed by atoms with Crippen LogP contribution >= 0.6 is 11.3 Å². The Hall–Kier alpha value is -2.59. The molecule has 0 radical (unpaired) electrons. The molecule has 28 heavy (non-hydrogen) atoms. The second kappa shape index (κ2) is 9.56. The molecule has 0 saturated carbocycles. The lowest BCUT2D eigenvalue weighted by Crippen LogP contribution is -2.40. The molecule has 0 saturated heterocycles. The average molecular weight is 411 g/mol. The number of anilines is 1. The van der Waals surface area contributed by atoms with E-state index in [0.29, 0.717) is 16.6 Å². The summed E-state index contributed by atoms with van der Waals surface area (Å²) in [6.45, 7) is 3.82. The van der Waals surface area contributed by atoms with Gasteiger partial charge in [-0.15, -0.1) is 0 Å². The second-order valence-electron chi connectivity index (χ2n) is 6.77. The molecule has 0 aliphatic carbocycles. The zero-order chi connectivity index (χ0) is 20.8. The first-order valence-electron chi connectivity index (χ1n) is 8.73. The molecule has 8 nitrogen and oxygen atoms in total. The van der Waals surface area contributed by atoms with Crippen LogP contribution in [0.4, 0.5) is 9.52 Å². The van der Waals surface area contributed by atoms with Gasteiger partial charge in [0.2, 0.25) is 5.91 Å². The quantitative estimate of drug-likeness (QED) is 0.442. The number of hydrogen-bond acceptors (Lipinski definition) is 6. The number of carboxylic acid groups (broad SMARTS) is 2. The van der Waals surface area contributed by atoms with Gasteiger partial charge in [-0.3, -0.25) is 14.4 Å². The summed E-state index contributed by atoms with van der Waals surface area (Å²) in [6.07, 6.45) is 0.310. The zero-order valence-electron chi connectivity index (χ0n) is 15.4. The number of aliphatic carboxylic acids is 2. The summed E-state index contributed by atoms with van der Waals surface area (Å²) in [5.41, 5.74) is 0.494. The van der Waals surface area contributed by atoms with Crippen LogP contribution < -0.4 is 10.6 Å². The Balaban J connectivity index is 1.98. The van der Waals surface area contributed by atoms with Crippen LogP contribution in [-0.4, -0.2) is 45.6 Å². The van der Waals surface area contributed by atoms with Gasteiger partial charge in [0.05, 0.1) is 10.2 Å². The van der Waals surface area contributed by atoms with E-state index in [-0.39, 0.29) is 24.0 Å². The van der Waals surface area contributed by atoms with Gasteiger partial charge < -0.3 is 20.8 Å². The number of carbonyl (C=O) groups excluding carboxylic acids is 1. The number of halogens is 1. The van der Waals surface area contributed by atoms with Gasteiger partial charge in [-0.1, -0.05) is 25.2 Å². The number of fused-ring (bicyclic) bond motifs is 1. The van der Waals surface area contributed by atoms with Crippen LogP contribution in [0.15, 0.2) is 18.2 Å². The Morgan fingerprint density at radius 1 is 1.21 bits per heavy atom. The molecule has 10 heteroatoms. The monoisotopic (exact) mass is 411 g/mol. The predicted molar refractivity (Wildman–Crippen MR) is 103 cm³/mol. The molecular formula is C18H22FN3O5S. The SMILES string of the molecule is CC(C)CC(NCCC(C(=O)O)C(=O)Nc1nc2ccc(F)cc2s1)C(=O)O. The average Bonchev–Trinajstić information content (AvgIpc) is 2.97. The third kappa shape index (κ3) is 5.96. The number of thiazole rings is 1. The number of benzene rings is 1. The molecule has 152 valence electrons. The molecular weight excluding hydrogens is 389 g/mol. The number of nitrogens with one attached hydrogen (secondary N) is 2. The standard InChI is InChI=1S/C18H22FN3O5S/c1-9(2)7-13(17(26)27)20-6-5-11(16(24)25)15(23)22-18-21-12-4-3-10(19)8-14(12)28-18/h3-4,8-9,11,13,20H,5-7H2,1-2H3,(H,24,25)(H,26,27)(H,21,22,23). The molecule has 0 fully saturated rings. The van der Waals surface area contributed by atoms with Gasteiger partial charge in [0.1, 0.15) is 17.8 Å². The molecule has 1 aromatic heterocycles. The third-order valence-corrected chi connectivity index (χ3v) is 4.96. The van der Waals surface area contributed by atoms with Crippen molar-refractivity contribution in [3.05, 3.63) is 24.0 Å². The van der Waals surface area contributed by atoms with Crippen molar-refractivity contribution in [1.82, 2.24) is 10.3 Å². The molecule has 1 heterocycles. The van der Waals surface area contributed by atoms with E-state index in [2.05, 4.69) is 15.6 Å². The molecule has 2 atom stereocenters. The molecule has 0 bridgehead atoms. The van der Waals surface area contributed by atoms with E-state index in [1.54, 1.807) is 0 Å². The van der Waals surface area contributed by atoms with Crippen molar-refractivity contribution in [3.8, 4) is 0 Å². The summed E-state index contributed by atoms with van der Waals surface area (Å²) in [5, 5.41) is 23.9. The van der Waals surface area contributed by atoms with Gasteiger partial charge in [0.25, 0.3) is 0 Å². The number of carboxylic acids is 2. The van der Waals surface area contributed by atoms with Crippen LogP contribution in [0.3, 0.4) is 0 Å². The van der Waals surface area contributed by atoms with Gasteiger partial charge in [-0.25, -0.2) is 9.37 Å². The Labute approximate surface area is 164 Å². The van der Waals surface area contributed by atoms with Crippen molar-refractivity contribution >= 4 is 44.5 Å². The van der Waals surface area contributed by atoms with Gasteiger partial charge in [0.15, 0.2) is 5.13 Å². The van der Waals surface area contributed by atoms with Gasteiger partial charge >= 0.3 is 11.9 Å². The summed E-state index contributed by atoms with van der Waals surface area (Å²) >= 11 is 1.04. The molecule has 2 unspecified atom stereocenters. The molecule has 0 spiro atoms. The summed E-state index contributed by atoms with van der Waals surface area (Å²) in [6, 6.07) is 3.19. The van der Waals surface area contributed by atoms with Gasteiger partial charge in [0, 0.05) is 0 Å². The lowest BCUT2D eigenvalue weighted by atomic mass is 10.0. The van der Waals surface area contributed by atoms with E-state index in [4.69, 9.17) is 0 Å². The van der Waals surface area contributed by atoms with E-state index < -0.39 is 35.6 Å². The maximum atomic E-state index is 13.2. The molecule has 2 rings (SSSR count). The second-order valence-corrected chi connectivity index (χ2v) is 7.80. The number of amides is 1. The fourth-order valence-electron chi connectivity index (χ4n) is 2.66. The topological polar surface area (TPSA) is 129 Å². The minimum atomic E-state index is -1.37. The Morgan fingerprint density at radius 3 is 2.54 bits per heavy atom. The summed E-state index contributed by atoms with van der Waals surface area (Å²) < 4.78 is 13.8. The van der Waals surface area contributed by atoms with Crippen LogP contribution in [-0.2, 0) is 14.4 Å². The summed E-state index contributed by atoms with van der Waals surface area (Å²) in [4.78, 5) is 39.2. The highest BCUT2D eigenvalue weighted by molar-refractivity contribution is 7.22. The molecule has 0 aliphatic rings. The number of hydrogen-bond donors (Lipinski definition) is 4. The van der Waals surface area contributed by atoms with E-state index in [0.717, 1.165) is 11.3 Å². The first-order chi connectivity index (χ1) is 13.2. The fraction of sp³-hybridized carbons (Fsp3) is 0.444. The van der Waals surface area contributed by atoms with Crippen molar-refractivity contribution < 1.29 is 29.0 Å². The van der Waals surface area contributed by atoms with E-state index in [9.17, 15) is 29.0 Å². The maximum absolute atomic E-state index is 13.2. The highest BCUT2D eigenvalue weighted by Gasteiger charge is 2.28. The van der Waals surface area contributed by atoms with Crippen molar-refractivity contribution in [2.75, 3.05) is 11.9 Å². The molecule has 2 aromatic rings. The molecule has 1 amide bonds. The van der Waals surface area contributed by atoms with Crippen LogP contribution in [0.25, 0.3) is 10.2 Å². The Kier molecular flexibility index (Phi) is 7.41. The number of aromatic nitrogens is 1. The van der Waals surface area contributed by atoms with Crippen molar-refractivity contribution in [3.63, 3.8) is 0 Å².